The van der Waals surface area contributed by atoms with E-state index in [9.17, 15) is 8.78 Å². The molecular formula is C17H22F2N4O. The van der Waals surface area contributed by atoms with Crippen LogP contribution in [0.2, 0.25) is 0 Å². The van der Waals surface area contributed by atoms with Gasteiger partial charge in [0.2, 0.25) is 0 Å². The van der Waals surface area contributed by atoms with E-state index in [4.69, 9.17) is 4.52 Å². The lowest BCUT2D eigenvalue weighted by molar-refractivity contribution is 0.391. The summed E-state index contributed by atoms with van der Waals surface area (Å²) in [5.41, 5.74) is 1.47. The van der Waals surface area contributed by atoms with Crippen molar-refractivity contribution < 1.29 is 13.3 Å². The maximum Gasteiger partial charge on any atom is 0.191 e. The average Bonchev–Trinajstić information content (AvgIpc) is 2.98. The molecule has 5 nitrogen and oxygen atoms in total. The summed E-state index contributed by atoms with van der Waals surface area (Å²) in [4.78, 5) is 4.43. The van der Waals surface area contributed by atoms with Crippen molar-refractivity contribution in [1.82, 2.24) is 15.8 Å². The molecule has 0 aliphatic rings. The fourth-order valence-corrected chi connectivity index (χ4v) is 2.18. The smallest absolute Gasteiger partial charge is 0.191 e. The van der Waals surface area contributed by atoms with E-state index < -0.39 is 11.6 Å². The van der Waals surface area contributed by atoms with E-state index in [0.717, 1.165) is 23.1 Å². The standard InChI is InChI=1S/C17H22F2N4O/c1-4-20-17(22-10-14-7-12(3)24-23-14)21-9-11(2)13-5-6-15(18)16(19)8-13/h5-8,11H,4,9-10H2,1-3H3,(H2,20,21,22). The van der Waals surface area contributed by atoms with Gasteiger partial charge in [0.25, 0.3) is 0 Å². The van der Waals surface area contributed by atoms with Gasteiger partial charge in [0.05, 0.1) is 6.54 Å². The fraction of sp³-hybridized carbons (Fsp3) is 0.412. The first-order chi connectivity index (χ1) is 11.5. The number of halogens is 2. The van der Waals surface area contributed by atoms with E-state index in [1.165, 1.54) is 6.07 Å². The third-order valence-corrected chi connectivity index (χ3v) is 3.51. The number of nitrogens with one attached hydrogen (secondary N) is 2. The van der Waals surface area contributed by atoms with Crippen LogP contribution in [-0.2, 0) is 6.54 Å². The molecule has 130 valence electrons. The highest BCUT2D eigenvalue weighted by Crippen LogP contribution is 2.17. The molecule has 24 heavy (non-hydrogen) atoms. The SMILES string of the molecule is CCNC(=NCc1cc(C)on1)NCC(C)c1ccc(F)c(F)c1. The lowest BCUT2D eigenvalue weighted by Gasteiger charge is -2.16. The van der Waals surface area contributed by atoms with Gasteiger partial charge in [-0.15, -0.1) is 0 Å². The van der Waals surface area contributed by atoms with Gasteiger partial charge in [-0.1, -0.05) is 18.1 Å². The van der Waals surface area contributed by atoms with Crippen LogP contribution in [0.4, 0.5) is 8.78 Å². The van der Waals surface area contributed by atoms with E-state index in [0.29, 0.717) is 25.6 Å². The number of aryl methyl sites for hydroxylation is 1. The van der Waals surface area contributed by atoms with Gasteiger partial charge in [0.1, 0.15) is 11.5 Å². The second-order valence-electron chi connectivity index (χ2n) is 5.58. The molecule has 0 fully saturated rings. The third-order valence-electron chi connectivity index (χ3n) is 3.51. The summed E-state index contributed by atoms with van der Waals surface area (Å²) in [6, 6.07) is 5.79. The van der Waals surface area contributed by atoms with Gasteiger partial charge in [0, 0.05) is 19.2 Å². The maximum absolute atomic E-state index is 13.3. The summed E-state index contributed by atoms with van der Waals surface area (Å²) in [6.45, 7) is 7.37. The Balaban J connectivity index is 1.95. The molecule has 0 bridgehead atoms. The Bertz CT molecular complexity index is 700. The maximum atomic E-state index is 13.3. The first kappa shape index (κ1) is 17.9. The summed E-state index contributed by atoms with van der Waals surface area (Å²) < 4.78 is 31.3. The van der Waals surface area contributed by atoms with Crippen molar-refractivity contribution in [1.29, 1.82) is 0 Å². The number of rotatable bonds is 6. The van der Waals surface area contributed by atoms with Crippen molar-refractivity contribution >= 4 is 5.96 Å². The summed E-state index contributed by atoms with van der Waals surface area (Å²) in [5, 5.41) is 10.2. The summed E-state index contributed by atoms with van der Waals surface area (Å²) in [7, 11) is 0. The molecule has 2 aromatic rings. The molecule has 0 saturated heterocycles. The van der Waals surface area contributed by atoms with Crippen LogP contribution in [0.1, 0.15) is 36.8 Å². The highest BCUT2D eigenvalue weighted by Gasteiger charge is 2.10. The van der Waals surface area contributed by atoms with E-state index >= 15 is 0 Å². The van der Waals surface area contributed by atoms with Crippen LogP contribution in [0.15, 0.2) is 33.8 Å². The predicted molar refractivity (Wildman–Crippen MR) is 88.8 cm³/mol. The molecule has 0 saturated carbocycles. The largest absolute Gasteiger partial charge is 0.361 e. The van der Waals surface area contributed by atoms with Gasteiger partial charge in [0.15, 0.2) is 17.6 Å². The Kier molecular flexibility index (Phi) is 6.28. The molecule has 1 aromatic carbocycles. The minimum absolute atomic E-state index is 0.00162. The van der Waals surface area contributed by atoms with Gasteiger partial charge in [-0.3, -0.25) is 0 Å². The molecule has 0 aliphatic heterocycles. The van der Waals surface area contributed by atoms with Gasteiger partial charge < -0.3 is 15.2 Å². The van der Waals surface area contributed by atoms with Crippen molar-refractivity contribution in [2.24, 2.45) is 4.99 Å². The summed E-state index contributed by atoms with van der Waals surface area (Å²) in [5.74, 6) is -0.297. The number of aromatic nitrogens is 1. The van der Waals surface area contributed by atoms with Crippen LogP contribution >= 0.6 is 0 Å². The quantitative estimate of drug-likeness (QED) is 0.628. The van der Waals surface area contributed by atoms with Crippen LogP contribution in [0, 0.1) is 18.6 Å². The predicted octanol–water partition coefficient (Wildman–Crippen LogP) is 3.12. The van der Waals surface area contributed by atoms with Gasteiger partial charge in [-0.05, 0) is 37.5 Å². The van der Waals surface area contributed by atoms with Crippen molar-refractivity contribution in [3.05, 3.63) is 52.9 Å². The fourth-order valence-electron chi connectivity index (χ4n) is 2.18. The first-order valence-corrected chi connectivity index (χ1v) is 7.89. The third kappa shape index (κ3) is 5.04. The van der Waals surface area contributed by atoms with Crippen molar-refractivity contribution in [2.75, 3.05) is 13.1 Å². The molecule has 0 radical (unpaired) electrons. The highest BCUT2D eigenvalue weighted by molar-refractivity contribution is 5.79. The second kappa shape index (κ2) is 8.42. The molecular weight excluding hydrogens is 314 g/mol. The Labute approximate surface area is 140 Å². The normalized spacial score (nSPS) is 13.0. The Morgan fingerprint density at radius 3 is 2.67 bits per heavy atom. The Morgan fingerprint density at radius 2 is 2.04 bits per heavy atom. The molecule has 0 aliphatic carbocycles. The molecule has 0 spiro atoms. The van der Waals surface area contributed by atoms with E-state index in [2.05, 4.69) is 20.8 Å². The number of hydrogen-bond donors (Lipinski definition) is 2. The molecule has 7 heteroatoms. The number of aliphatic imine (C=N–C) groups is 1. The number of nitrogens with zero attached hydrogens (tertiary/aromatic N) is 2. The zero-order valence-electron chi connectivity index (χ0n) is 14.1. The van der Waals surface area contributed by atoms with Gasteiger partial charge in [-0.25, -0.2) is 13.8 Å². The number of benzene rings is 1. The van der Waals surface area contributed by atoms with E-state index in [1.54, 1.807) is 6.07 Å². The van der Waals surface area contributed by atoms with Crippen molar-refractivity contribution in [2.45, 2.75) is 33.2 Å². The van der Waals surface area contributed by atoms with Crippen LogP contribution < -0.4 is 10.6 Å². The molecule has 1 unspecified atom stereocenters. The summed E-state index contributed by atoms with van der Waals surface area (Å²) >= 11 is 0. The van der Waals surface area contributed by atoms with Gasteiger partial charge >= 0.3 is 0 Å². The molecule has 2 rings (SSSR count). The first-order valence-electron chi connectivity index (χ1n) is 7.89. The van der Waals surface area contributed by atoms with Crippen molar-refractivity contribution in [3.63, 3.8) is 0 Å². The van der Waals surface area contributed by atoms with Gasteiger partial charge in [-0.2, -0.15) is 0 Å². The van der Waals surface area contributed by atoms with Crippen LogP contribution in [0.25, 0.3) is 0 Å². The van der Waals surface area contributed by atoms with Crippen molar-refractivity contribution in [3.8, 4) is 0 Å². The average molecular weight is 336 g/mol. The Morgan fingerprint density at radius 1 is 1.25 bits per heavy atom. The van der Waals surface area contributed by atoms with E-state index in [-0.39, 0.29) is 5.92 Å². The minimum atomic E-state index is -0.836. The Hall–Kier alpha value is -2.44. The molecule has 0 amide bonds. The number of guanidine groups is 1. The van der Waals surface area contributed by atoms with Crippen LogP contribution in [0.3, 0.4) is 0 Å². The van der Waals surface area contributed by atoms with Crippen LogP contribution in [0.5, 0.6) is 0 Å². The lowest BCUT2D eigenvalue weighted by Crippen LogP contribution is -2.39. The number of hydrogen-bond acceptors (Lipinski definition) is 3. The van der Waals surface area contributed by atoms with E-state index in [1.807, 2.05) is 26.8 Å². The minimum Gasteiger partial charge on any atom is -0.361 e. The molecule has 1 aromatic heterocycles. The monoisotopic (exact) mass is 336 g/mol. The van der Waals surface area contributed by atoms with Crippen LogP contribution in [-0.4, -0.2) is 24.2 Å². The molecule has 1 heterocycles. The highest BCUT2D eigenvalue weighted by atomic mass is 19.2. The lowest BCUT2D eigenvalue weighted by atomic mass is 10.0. The zero-order valence-corrected chi connectivity index (χ0v) is 14.1. The topological polar surface area (TPSA) is 62.5 Å². The second-order valence-corrected chi connectivity index (χ2v) is 5.58. The zero-order chi connectivity index (χ0) is 17.5. The molecule has 1 atom stereocenters. The molecule has 2 N–H and O–H groups in total. The summed E-state index contributed by atoms with van der Waals surface area (Å²) in [6.07, 6.45) is 0.